The molecule has 3 heteroatoms. The third-order valence-corrected chi connectivity index (χ3v) is 4.62. The van der Waals surface area contributed by atoms with Crippen LogP contribution in [0.15, 0.2) is 10.2 Å². The number of hydrogen-bond acceptors (Lipinski definition) is 3. The van der Waals surface area contributed by atoms with Crippen LogP contribution in [0, 0.1) is 16.7 Å². The maximum atomic E-state index is 9.92. The standard InChI is InChI=1S/C14H28N2O/c1-7-8-9-13(6,12(3,4)5)10-11(2)14(17)15-16-14/h11,17H,7-10H2,1-6H3. The molecule has 2 unspecified atom stereocenters. The second-order valence-electron chi connectivity index (χ2n) is 6.91. The lowest BCUT2D eigenvalue weighted by Gasteiger charge is -2.44. The summed E-state index contributed by atoms with van der Waals surface area (Å²) in [6.07, 6.45) is 4.64. The predicted molar refractivity (Wildman–Crippen MR) is 70.7 cm³/mol. The molecule has 0 saturated carbocycles. The average Bonchev–Trinajstić information content (AvgIpc) is 2.93. The van der Waals surface area contributed by atoms with Crippen LogP contribution >= 0.6 is 0 Å². The van der Waals surface area contributed by atoms with Crippen LogP contribution in [0.1, 0.15) is 67.2 Å². The second kappa shape index (κ2) is 4.68. The van der Waals surface area contributed by atoms with Gasteiger partial charge in [0.1, 0.15) is 0 Å². The molecule has 1 aliphatic rings. The zero-order valence-electron chi connectivity index (χ0n) is 12.2. The van der Waals surface area contributed by atoms with E-state index >= 15 is 0 Å². The minimum absolute atomic E-state index is 0.114. The molecule has 3 nitrogen and oxygen atoms in total. The molecule has 17 heavy (non-hydrogen) atoms. The monoisotopic (exact) mass is 240 g/mol. The van der Waals surface area contributed by atoms with E-state index < -0.39 is 5.85 Å². The van der Waals surface area contributed by atoms with Crippen molar-refractivity contribution in [1.29, 1.82) is 0 Å². The molecule has 1 heterocycles. The first-order chi connectivity index (χ1) is 7.65. The first-order valence-electron chi connectivity index (χ1n) is 6.81. The highest BCUT2D eigenvalue weighted by Crippen LogP contribution is 2.50. The van der Waals surface area contributed by atoms with Gasteiger partial charge in [0.25, 0.3) is 5.85 Å². The molecular formula is C14H28N2O. The summed E-state index contributed by atoms with van der Waals surface area (Å²) in [6, 6.07) is 0. The van der Waals surface area contributed by atoms with Crippen LogP contribution in [0.25, 0.3) is 0 Å². The van der Waals surface area contributed by atoms with Crippen molar-refractivity contribution in [3.05, 3.63) is 0 Å². The Bertz CT molecular complexity index is 287. The summed E-state index contributed by atoms with van der Waals surface area (Å²) in [5.41, 5.74) is 0.466. The summed E-state index contributed by atoms with van der Waals surface area (Å²) in [7, 11) is 0. The number of unbranched alkanes of at least 4 members (excludes halogenated alkanes) is 1. The van der Waals surface area contributed by atoms with Gasteiger partial charge in [0, 0.05) is 5.92 Å². The minimum atomic E-state index is -1.07. The Balaban J connectivity index is 2.69. The molecule has 0 spiro atoms. The Morgan fingerprint density at radius 1 is 1.18 bits per heavy atom. The molecule has 2 atom stereocenters. The highest BCUT2D eigenvalue weighted by molar-refractivity contribution is 4.94. The topological polar surface area (TPSA) is 45.0 Å². The van der Waals surface area contributed by atoms with Gasteiger partial charge in [0.15, 0.2) is 0 Å². The number of hydrogen-bond donors (Lipinski definition) is 1. The number of rotatable bonds is 6. The van der Waals surface area contributed by atoms with Crippen LogP contribution in [0.3, 0.4) is 0 Å². The zero-order chi connectivity index (χ0) is 13.3. The van der Waals surface area contributed by atoms with Crippen molar-refractivity contribution in [3.8, 4) is 0 Å². The fourth-order valence-corrected chi connectivity index (χ4v) is 2.41. The number of nitrogens with zero attached hydrogens (tertiary/aromatic N) is 2. The third kappa shape index (κ3) is 3.27. The molecule has 1 rings (SSSR count). The van der Waals surface area contributed by atoms with E-state index in [0.29, 0.717) is 0 Å². The summed E-state index contributed by atoms with van der Waals surface area (Å²) in [6.45, 7) is 13.5. The van der Waals surface area contributed by atoms with Gasteiger partial charge in [-0.05, 0) is 23.7 Å². The van der Waals surface area contributed by atoms with Crippen LogP contribution < -0.4 is 0 Å². The van der Waals surface area contributed by atoms with E-state index in [1.807, 2.05) is 0 Å². The fraction of sp³-hybridized carbons (Fsp3) is 1.00. The average molecular weight is 240 g/mol. The number of aliphatic hydroxyl groups is 1. The van der Waals surface area contributed by atoms with Gasteiger partial charge in [-0.3, -0.25) is 0 Å². The van der Waals surface area contributed by atoms with Crippen LogP contribution in [0.5, 0.6) is 0 Å². The van der Waals surface area contributed by atoms with E-state index in [0.717, 1.165) is 6.42 Å². The Labute approximate surface area is 106 Å². The van der Waals surface area contributed by atoms with Gasteiger partial charge in [-0.1, -0.05) is 54.4 Å². The van der Waals surface area contributed by atoms with Gasteiger partial charge in [-0.2, -0.15) is 0 Å². The van der Waals surface area contributed by atoms with Crippen LogP contribution in [-0.4, -0.2) is 11.0 Å². The first-order valence-corrected chi connectivity index (χ1v) is 6.81. The molecule has 0 radical (unpaired) electrons. The van der Waals surface area contributed by atoms with Gasteiger partial charge in [-0.15, -0.1) is 10.2 Å². The van der Waals surface area contributed by atoms with Crippen molar-refractivity contribution < 1.29 is 5.11 Å². The van der Waals surface area contributed by atoms with Crippen LogP contribution in [0.2, 0.25) is 0 Å². The van der Waals surface area contributed by atoms with Crippen LogP contribution in [-0.2, 0) is 0 Å². The minimum Gasteiger partial charge on any atom is -0.349 e. The van der Waals surface area contributed by atoms with Crippen molar-refractivity contribution >= 4 is 0 Å². The quantitative estimate of drug-likeness (QED) is 0.736. The zero-order valence-corrected chi connectivity index (χ0v) is 12.2. The summed E-state index contributed by atoms with van der Waals surface area (Å²) in [5, 5.41) is 17.4. The molecule has 0 aromatic rings. The van der Waals surface area contributed by atoms with Crippen LogP contribution in [0.4, 0.5) is 0 Å². The molecule has 1 aliphatic heterocycles. The summed E-state index contributed by atoms with van der Waals surface area (Å²) >= 11 is 0. The highest BCUT2D eigenvalue weighted by atomic mass is 16.4. The van der Waals surface area contributed by atoms with Crippen molar-refractivity contribution in [2.45, 2.75) is 73.1 Å². The summed E-state index contributed by atoms with van der Waals surface area (Å²) < 4.78 is 0. The molecule has 100 valence electrons. The normalized spacial score (nSPS) is 23.2. The molecule has 0 bridgehead atoms. The van der Waals surface area contributed by atoms with Gasteiger partial charge in [0.2, 0.25) is 0 Å². The van der Waals surface area contributed by atoms with E-state index in [2.05, 4.69) is 51.8 Å². The van der Waals surface area contributed by atoms with E-state index in [4.69, 9.17) is 0 Å². The molecular weight excluding hydrogens is 212 g/mol. The molecule has 1 N–H and O–H groups in total. The maximum Gasteiger partial charge on any atom is 0.293 e. The van der Waals surface area contributed by atoms with E-state index in [-0.39, 0.29) is 16.7 Å². The van der Waals surface area contributed by atoms with Crippen molar-refractivity contribution in [2.24, 2.45) is 27.0 Å². The Morgan fingerprint density at radius 3 is 2.06 bits per heavy atom. The van der Waals surface area contributed by atoms with E-state index in [1.165, 1.54) is 19.3 Å². The largest absolute Gasteiger partial charge is 0.349 e. The molecule has 0 fully saturated rings. The lowest BCUT2D eigenvalue weighted by molar-refractivity contribution is 0.00212. The maximum absolute atomic E-state index is 9.92. The molecule has 0 amide bonds. The lowest BCUT2D eigenvalue weighted by Crippen LogP contribution is -2.37. The van der Waals surface area contributed by atoms with Gasteiger partial charge in [0.05, 0.1) is 0 Å². The Kier molecular flexibility index (Phi) is 4.02. The SMILES string of the molecule is CCCCC(C)(CC(C)C1(O)N=N1)C(C)(C)C. The van der Waals surface area contributed by atoms with Crippen molar-refractivity contribution in [1.82, 2.24) is 0 Å². The van der Waals surface area contributed by atoms with Gasteiger partial charge < -0.3 is 5.11 Å². The smallest absolute Gasteiger partial charge is 0.293 e. The first kappa shape index (κ1) is 14.6. The van der Waals surface area contributed by atoms with E-state index in [9.17, 15) is 5.11 Å². The molecule has 0 aromatic carbocycles. The Morgan fingerprint density at radius 2 is 1.71 bits per heavy atom. The second-order valence-corrected chi connectivity index (χ2v) is 6.91. The van der Waals surface area contributed by atoms with E-state index in [1.54, 1.807) is 0 Å². The van der Waals surface area contributed by atoms with Crippen molar-refractivity contribution in [2.75, 3.05) is 0 Å². The van der Waals surface area contributed by atoms with Crippen molar-refractivity contribution in [3.63, 3.8) is 0 Å². The Hall–Kier alpha value is -0.440. The summed E-state index contributed by atoms with van der Waals surface area (Å²) in [4.78, 5) is 0. The lowest BCUT2D eigenvalue weighted by atomic mass is 9.61. The van der Waals surface area contributed by atoms with Gasteiger partial charge in [-0.25, -0.2) is 0 Å². The molecule has 0 aliphatic carbocycles. The third-order valence-electron chi connectivity index (χ3n) is 4.62. The molecule has 0 saturated heterocycles. The summed E-state index contributed by atoms with van der Waals surface area (Å²) in [5.74, 6) is -0.956. The predicted octanol–water partition coefficient (Wildman–Crippen LogP) is 4.37. The van der Waals surface area contributed by atoms with Gasteiger partial charge >= 0.3 is 0 Å². The molecule has 0 aromatic heterocycles. The highest BCUT2D eigenvalue weighted by Gasteiger charge is 2.48. The fourth-order valence-electron chi connectivity index (χ4n) is 2.41.